The maximum Gasteiger partial charge on any atom is 0.239 e. The molecule has 2 aromatic rings. The molecular weight excluding hydrogens is 454 g/mol. The molecule has 0 aliphatic carbocycles. The van der Waals surface area contributed by atoms with Crippen LogP contribution < -0.4 is 10.6 Å². The van der Waals surface area contributed by atoms with Crippen LogP contribution in [0.4, 0.5) is 5.69 Å². The predicted molar refractivity (Wildman–Crippen MR) is 149 cm³/mol. The number of rotatable bonds is 10. The lowest BCUT2D eigenvalue weighted by atomic mass is 9.98. The summed E-state index contributed by atoms with van der Waals surface area (Å²) in [4.78, 5) is 17.3. The number of hydrogen-bond acceptors (Lipinski definition) is 3. The highest BCUT2D eigenvalue weighted by atomic mass is 35.5. The quantitative estimate of drug-likeness (QED) is 0.395. The first-order valence-electron chi connectivity index (χ1n) is 13.0. The second kappa shape index (κ2) is 13.1. The lowest BCUT2D eigenvalue weighted by Crippen LogP contribution is -2.51. The Morgan fingerprint density at radius 2 is 1.57 bits per heavy atom. The number of benzene rings is 2. The highest BCUT2D eigenvalue weighted by Gasteiger charge is 2.29. The third-order valence-corrected chi connectivity index (χ3v) is 7.09. The lowest BCUT2D eigenvalue weighted by Gasteiger charge is -2.40. The summed E-state index contributed by atoms with van der Waals surface area (Å²) in [5.74, 6) is 0.540. The molecule has 3 rings (SSSR count). The van der Waals surface area contributed by atoms with E-state index < -0.39 is 0 Å². The van der Waals surface area contributed by atoms with Gasteiger partial charge in [0.05, 0.1) is 6.04 Å². The average molecular weight is 496 g/mol. The van der Waals surface area contributed by atoms with Gasteiger partial charge in [0.2, 0.25) is 5.91 Å². The summed E-state index contributed by atoms with van der Waals surface area (Å²) < 4.78 is 0. The summed E-state index contributed by atoms with van der Waals surface area (Å²) in [6.45, 7) is 11.0. The predicted octanol–water partition coefficient (Wildman–Crippen LogP) is 6.26. The van der Waals surface area contributed by atoms with Crippen LogP contribution in [0.1, 0.15) is 58.1 Å². The number of anilines is 1. The molecule has 0 aromatic heterocycles. The zero-order chi connectivity index (χ0) is 25.4. The van der Waals surface area contributed by atoms with Crippen molar-refractivity contribution >= 4 is 23.2 Å². The zero-order valence-electron chi connectivity index (χ0n) is 21.8. The van der Waals surface area contributed by atoms with E-state index in [1.165, 1.54) is 22.4 Å². The van der Waals surface area contributed by atoms with Gasteiger partial charge in [0, 0.05) is 36.4 Å². The Balaban J connectivity index is 1.63. The van der Waals surface area contributed by atoms with Crippen LogP contribution in [0.25, 0.3) is 0 Å². The molecule has 0 spiro atoms. The Bertz CT molecular complexity index is 956. The number of hydrogen-bond donors (Lipinski definition) is 1. The van der Waals surface area contributed by atoms with Crippen molar-refractivity contribution in [2.75, 3.05) is 24.5 Å². The molecule has 35 heavy (non-hydrogen) atoms. The smallest absolute Gasteiger partial charge is 0.239 e. The number of halogens is 1. The van der Waals surface area contributed by atoms with Crippen LogP contribution in [-0.2, 0) is 17.6 Å². The highest BCUT2D eigenvalue weighted by molar-refractivity contribution is 6.30. The third kappa shape index (κ3) is 8.40. The second-order valence-electron chi connectivity index (χ2n) is 10.5. The van der Waals surface area contributed by atoms with E-state index in [4.69, 9.17) is 17.3 Å². The maximum absolute atomic E-state index is 12.8. The minimum Gasteiger partial charge on any atom is -0.365 e. The van der Waals surface area contributed by atoms with Crippen LogP contribution in [0, 0.1) is 5.92 Å². The number of nitrogens with two attached hydrogens (primary N) is 1. The molecule has 1 atom stereocenters. The van der Waals surface area contributed by atoms with E-state index in [-0.39, 0.29) is 11.9 Å². The second-order valence-corrected chi connectivity index (χ2v) is 11.0. The van der Waals surface area contributed by atoms with Crippen LogP contribution in [-0.4, -0.2) is 42.5 Å². The van der Waals surface area contributed by atoms with Crippen LogP contribution in [0.5, 0.6) is 0 Å². The summed E-state index contributed by atoms with van der Waals surface area (Å²) in [7, 11) is 0. The van der Waals surface area contributed by atoms with Gasteiger partial charge in [-0.2, -0.15) is 0 Å². The number of allylic oxidation sites excluding steroid dienone is 1. The van der Waals surface area contributed by atoms with Crippen molar-refractivity contribution in [2.24, 2.45) is 11.7 Å². The SMILES string of the molecule is CC(C)=CCN(c1ccc(CCc2ccc(Cl)cc2)cc1)C1CCN(C(=O)[C@H](N)CC(C)C)CC1. The molecule has 1 aliphatic rings. The Morgan fingerprint density at radius 3 is 2.09 bits per heavy atom. The minimum atomic E-state index is -0.381. The molecule has 1 fully saturated rings. The number of aryl methyl sites for hydroxylation is 2. The van der Waals surface area contributed by atoms with Crippen LogP contribution in [0.2, 0.25) is 5.02 Å². The van der Waals surface area contributed by atoms with Crippen molar-refractivity contribution in [1.29, 1.82) is 0 Å². The van der Waals surface area contributed by atoms with Gasteiger partial charge in [-0.1, -0.05) is 61.4 Å². The van der Waals surface area contributed by atoms with E-state index >= 15 is 0 Å². The lowest BCUT2D eigenvalue weighted by molar-refractivity contribution is -0.134. The van der Waals surface area contributed by atoms with E-state index in [0.29, 0.717) is 12.0 Å². The molecule has 0 bridgehead atoms. The molecule has 1 aliphatic heterocycles. The van der Waals surface area contributed by atoms with Gasteiger partial charge in [-0.25, -0.2) is 0 Å². The maximum atomic E-state index is 12.8. The standard InChI is InChI=1S/C30H42ClN3O/c1-22(2)15-20-34(28-16-18-33(19-17-28)30(35)29(32)21-23(3)4)27-13-9-25(10-14-27)6-5-24-7-11-26(31)12-8-24/h7-15,23,28-29H,5-6,16-21,32H2,1-4H3/t29-/m1/s1. The van der Waals surface area contributed by atoms with E-state index in [1.807, 2.05) is 17.0 Å². The fourth-order valence-corrected chi connectivity index (χ4v) is 4.91. The highest BCUT2D eigenvalue weighted by Crippen LogP contribution is 2.25. The molecule has 2 N–H and O–H groups in total. The minimum absolute atomic E-state index is 0.109. The van der Waals surface area contributed by atoms with E-state index in [1.54, 1.807) is 0 Å². The first-order valence-corrected chi connectivity index (χ1v) is 13.4. The normalized spacial score (nSPS) is 15.2. The van der Waals surface area contributed by atoms with Crippen molar-refractivity contribution in [3.05, 3.63) is 76.3 Å². The molecular formula is C30H42ClN3O. The van der Waals surface area contributed by atoms with Gasteiger partial charge >= 0.3 is 0 Å². The van der Waals surface area contributed by atoms with Crippen LogP contribution in [0.3, 0.4) is 0 Å². The van der Waals surface area contributed by atoms with Crippen molar-refractivity contribution in [2.45, 2.75) is 71.9 Å². The number of piperidine rings is 1. The zero-order valence-corrected chi connectivity index (χ0v) is 22.6. The van der Waals surface area contributed by atoms with Crippen molar-refractivity contribution < 1.29 is 4.79 Å². The molecule has 5 heteroatoms. The van der Waals surface area contributed by atoms with Crippen molar-refractivity contribution in [3.63, 3.8) is 0 Å². The van der Waals surface area contributed by atoms with Crippen molar-refractivity contribution in [3.8, 4) is 0 Å². The average Bonchev–Trinajstić information content (AvgIpc) is 2.84. The van der Waals surface area contributed by atoms with E-state index in [2.05, 4.69) is 75.1 Å². The van der Waals surface area contributed by atoms with Gasteiger partial charge in [0.1, 0.15) is 0 Å². The van der Waals surface area contributed by atoms with Gasteiger partial charge < -0.3 is 15.5 Å². The Hall–Kier alpha value is -2.30. The number of carbonyl (C=O) groups is 1. The first-order chi connectivity index (χ1) is 16.7. The first kappa shape index (κ1) is 27.3. The Morgan fingerprint density at radius 1 is 1.03 bits per heavy atom. The van der Waals surface area contributed by atoms with Gasteiger partial charge in [-0.3, -0.25) is 4.79 Å². The molecule has 0 saturated carbocycles. The van der Waals surface area contributed by atoms with Gasteiger partial charge in [0.25, 0.3) is 0 Å². The number of amides is 1. The number of nitrogens with zero attached hydrogens (tertiary/aromatic N) is 2. The summed E-state index contributed by atoms with van der Waals surface area (Å²) >= 11 is 6.01. The molecule has 190 valence electrons. The van der Waals surface area contributed by atoms with E-state index in [0.717, 1.165) is 56.8 Å². The van der Waals surface area contributed by atoms with E-state index in [9.17, 15) is 4.79 Å². The van der Waals surface area contributed by atoms with Crippen LogP contribution >= 0.6 is 11.6 Å². The van der Waals surface area contributed by atoms with Crippen LogP contribution in [0.15, 0.2) is 60.2 Å². The fourth-order valence-electron chi connectivity index (χ4n) is 4.78. The molecule has 1 amide bonds. The topological polar surface area (TPSA) is 49.6 Å². The molecule has 0 unspecified atom stereocenters. The molecule has 2 aromatic carbocycles. The largest absolute Gasteiger partial charge is 0.365 e. The molecule has 1 saturated heterocycles. The van der Waals surface area contributed by atoms with Gasteiger partial charge in [0.15, 0.2) is 0 Å². The summed E-state index contributed by atoms with van der Waals surface area (Å²) in [6.07, 6.45) is 6.99. The number of carbonyl (C=O) groups excluding carboxylic acids is 1. The Kier molecular flexibility index (Phi) is 10.2. The third-order valence-electron chi connectivity index (χ3n) is 6.84. The molecule has 0 radical (unpaired) electrons. The van der Waals surface area contributed by atoms with Gasteiger partial charge in [-0.15, -0.1) is 0 Å². The monoisotopic (exact) mass is 495 g/mol. The number of likely N-dealkylation sites (tertiary alicyclic amines) is 1. The Labute approximate surface area is 217 Å². The van der Waals surface area contributed by atoms with Crippen molar-refractivity contribution in [1.82, 2.24) is 4.90 Å². The molecule has 1 heterocycles. The summed E-state index contributed by atoms with van der Waals surface area (Å²) in [6, 6.07) is 17.2. The molecule has 4 nitrogen and oxygen atoms in total. The summed E-state index contributed by atoms with van der Waals surface area (Å²) in [5, 5.41) is 0.781. The summed E-state index contributed by atoms with van der Waals surface area (Å²) in [5.41, 5.74) is 11.4. The fraction of sp³-hybridized carbons (Fsp3) is 0.500. The van der Waals surface area contributed by atoms with Gasteiger partial charge in [-0.05, 0) is 87.3 Å².